The normalized spacial score (nSPS) is 15.6. The fourth-order valence-electron chi connectivity index (χ4n) is 3.55. The van der Waals surface area contributed by atoms with Gasteiger partial charge in [-0.2, -0.15) is 0 Å². The molecule has 0 bridgehead atoms. The van der Waals surface area contributed by atoms with Crippen LogP contribution in [0.1, 0.15) is 37.7 Å². The standard InChI is InChI=1S/C23H26Cl2N2O2S2/c1-26-21(28)15-16-7-2-4-11-20(16)27(23-18(24)9-6-10-19(23)25)22(29)12-5-3-8-17-13-14-30-31-17/h2,4,6-7,9-11,17H,3,5,8,12-15H2,1H3,(H,26,28). The molecule has 3 rings (SSSR count). The van der Waals surface area contributed by atoms with Crippen molar-refractivity contribution in [1.82, 2.24) is 5.32 Å². The Balaban J connectivity index is 1.85. The van der Waals surface area contributed by atoms with Gasteiger partial charge in [0.05, 0.1) is 27.8 Å². The number of para-hydroxylation sites is 2. The smallest absolute Gasteiger partial charge is 0.231 e. The van der Waals surface area contributed by atoms with Crippen molar-refractivity contribution in [3.05, 3.63) is 58.1 Å². The maximum atomic E-state index is 13.5. The van der Waals surface area contributed by atoms with Crippen LogP contribution in [0.15, 0.2) is 42.5 Å². The zero-order chi connectivity index (χ0) is 22.2. The van der Waals surface area contributed by atoms with Crippen LogP contribution in [0.5, 0.6) is 0 Å². The molecule has 31 heavy (non-hydrogen) atoms. The van der Waals surface area contributed by atoms with Gasteiger partial charge in [-0.15, -0.1) is 0 Å². The Bertz CT molecular complexity index is 900. The third kappa shape index (κ3) is 6.58. The van der Waals surface area contributed by atoms with Gasteiger partial charge in [-0.1, -0.05) is 75.5 Å². The summed E-state index contributed by atoms with van der Waals surface area (Å²) in [5.74, 6) is 1.01. The molecule has 1 aliphatic heterocycles. The van der Waals surface area contributed by atoms with Gasteiger partial charge in [0.1, 0.15) is 0 Å². The van der Waals surface area contributed by atoms with Gasteiger partial charge in [0.25, 0.3) is 0 Å². The maximum Gasteiger partial charge on any atom is 0.231 e. The molecule has 166 valence electrons. The van der Waals surface area contributed by atoms with Crippen molar-refractivity contribution in [2.24, 2.45) is 0 Å². The third-order valence-corrected chi connectivity index (χ3v) is 8.78. The lowest BCUT2D eigenvalue weighted by Crippen LogP contribution is -2.28. The van der Waals surface area contributed by atoms with E-state index in [1.165, 1.54) is 12.2 Å². The van der Waals surface area contributed by atoms with Crippen molar-refractivity contribution in [2.45, 2.75) is 43.8 Å². The fourth-order valence-corrected chi connectivity index (χ4v) is 7.14. The highest BCUT2D eigenvalue weighted by Crippen LogP contribution is 2.41. The quantitative estimate of drug-likeness (QED) is 0.311. The minimum absolute atomic E-state index is 0.0761. The molecule has 0 saturated carbocycles. The average molecular weight is 498 g/mol. The molecule has 2 amide bonds. The lowest BCUT2D eigenvalue weighted by molar-refractivity contribution is -0.120. The van der Waals surface area contributed by atoms with Crippen molar-refractivity contribution < 1.29 is 9.59 Å². The van der Waals surface area contributed by atoms with Crippen molar-refractivity contribution in [3.63, 3.8) is 0 Å². The number of hydrogen-bond donors (Lipinski definition) is 1. The molecule has 4 nitrogen and oxygen atoms in total. The van der Waals surface area contributed by atoms with E-state index in [4.69, 9.17) is 23.2 Å². The van der Waals surface area contributed by atoms with E-state index in [9.17, 15) is 9.59 Å². The number of halogens is 2. The van der Waals surface area contributed by atoms with E-state index in [2.05, 4.69) is 5.32 Å². The largest absolute Gasteiger partial charge is 0.359 e. The Morgan fingerprint density at radius 2 is 1.84 bits per heavy atom. The van der Waals surface area contributed by atoms with Gasteiger partial charge in [-0.05, 0) is 43.0 Å². The second-order valence-electron chi connectivity index (χ2n) is 7.35. The second kappa shape index (κ2) is 12.0. The number of likely N-dealkylation sites (N-methyl/N-ethyl adjacent to an activating group) is 1. The number of carbonyl (C=O) groups excluding carboxylic acids is 2. The second-order valence-corrected chi connectivity index (χ2v) is 11.0. The Morgan fingerprint density at radius 1 is 1.10 bits per heavy atom. The van der Waals surface area contributed by atoms with Crippen LogP contribution in [0.4, 0.5) is 11.4 Å². The Morgan fingerprint density at radius 3 is 2.52 bits per heavy atom. The highest BCUT2D eigenvalue weighted by atomic mass is 35.5. The fraction of sp³-hybridized carbons (Fsp3) is 0.391. The minimum atomic E-state index is -0.128. The molecule has 8 heteroatoms. The van der Waals surface area contributed by atoms with Crippen LogP contribution >= 0.6 is 44.8 Å². The Labute approximate surface area is 201 Å². The topological polar surface area (TPSA) is 49.4 Å². The number of benzene rings is 2. The first-order valence-electron chi connectivity index (χ1n) is 10.3. The number of hydrogen-bond acceptors (Lipinski definition) is 4. The molecule has 1 unspecified atom stereocenters. The maximum absolute atomic E-state index is 13.5. The first-order chi connectivity index (χ1) is 15.0. The Kier molecular flexibility index (Phi) is 9.45. The van der Waals surface area contributed by atoms with Gasteiger partial charge in [0, 0.05) is 24.5 Å². The molecule has 1 saturated heterocycles. The lowest BCUT2D eigenvalue weighted by Gasteiger charge is -2.27. The molecule has 2 aromatic rings. The van der Waals surface area contributed by atoms with Crippen LogP contribution in [0.2, 0.25) is 10.0 Å². The number of nitrogens with one attached hydrogen (secondary N) is 1. The predicted molar refractivity (Wildman–Crippen MR) is 135 cm³/mol. The first kappa shape index (κ1) is 24.3. The number of nitrogens with zero attached hydrogens (tertiary/aromatic N) is 1. The van der Waals surface area contributed by atoms with E-state index in [1.54, 1.807) is 30.1 Å². The molecule has 1 N–H and O–H groups in total. The molecular weight excluding hydrogens is 471 g/mol. The molecule has 2 aromatic carbocycles. The number of rotatable bonds is 9. The van der Waals surface area contributed by atoms with Crippen molar-refractivity contribution in [3.8, 4) is 0 Å². The van der Waals surface area contributed by atoms with Gasteiger partial charge in [0.2, 0.25) is 11.8 Å². The van der Waals surface area contributed by atoms with Gasteiger partial charge in [-0.25, -0.2) is 0 Å². The molecule has 1 fully saturated rings. The van der Waals surface area contributed by atoms with Crippen LogP contribution in [0.3, 0.4) is 0 Å². The van der Waals surface area contributed by atoms with Gasteiger partial charge < -0.3 is 5.32 Å². The summed E-state index contributed by atoms with van der Waals surface area (Å²) in [6.45, 7) is 0. The zero-order valence-corrected chi connectivity index (χ0v) is 20.5. The number of anilines is 2. The van der Waals surface area contributed by atoms with Crippen LogP contribution in [-0.2, 0) is 16.0 Å². The van der Waals surface area contributed by atoms with Gasteiger partial charge in [0.15, 0.2) is 0 Å². The van der Waals surface area contributed by atoms with Gasteiger partial charge in [-0.3, -0.25) is 14.5 Å². The molecule has 0 spiro atoms. The van der Waals surface area contributed by atoms with Crippen LogP contribution in [0.25, 0.3) is 0 Å². The van der Waals surface area contributed by atoms with Crippen molar-refractivity contribution >= 4 is 68.0 Å². The van der Waals surface area contributed by atoms with Gasteiger partial charge >= 0.3 is 0 Å². The summed E-state index contributed by atoms with van der Waals surface area (Å²) in [4.78, 5) is 27.1. The monoisotopic (exact) mass is 496 g/mol. The van der Waals surface area contributed by atoms with E-state index in [1.807, 2.05) is 45.9 Å². The van der Waals surface area contributed by atoms with E-state index in [0.717, 1.165) is 24.8 Å². The van der Waals surface area contributed by atoms with E-state index in [0.29, 0.717) is 33.1 Å². The highest BCUT2D eigenvalue weighted by molar-refractivity contribution is 8.77. The molecule has 1 atom stereocenters. The van der Waals surface area contributed by atoms with Crippen molar-refractivity contribution in [1.29, 1.82) is 0 Å². The van der Waals surface area contributed by atoms with Crippen LogP contribution in [-0.4, -0.2) is 29.9 Å². The SMILES string of the molecule is CNC(=O)Cc1ccccc1N(C(=O)CCCCC1CCSS1)c1c(Cl)cccc1Cl. The summed E-state index contributed by atoms with van der Waals surface area (Å²) in [5, 5.41) is 4.13. The zero-order valence-electron chi connectivity index (χ0n) is 17.4. The molecular formula is C23H26Cl2N2O2S2. The Hall–Kier alpha value is -1.34. The summed E-state index contributed by atoms with van der Waals surface area (Å²) in [5.41, 5.74) is 1.84. The molecule has 1 heterocycles. The molecule has 0 aliphatic carbocycles. The summed E-state index contributed by atoms with van der Waals surface area (Å²) in [7, 11) is 5.50. The van der Waals surface area contributed by atoms with Crippen LogP contribution in [0, 0.1) is 0 Å². The van der Waals surface area contributed by atoms with E-state index < -0.39 is 0 Å². The molecule has 1 aliphatic rings. The van der Waals surface area contributed by atoms with E-state index >= 15 is 0 Å². The lowest BCUT2D eigenvalue weighted by atomic mass is 10.1. The summed E-state index contributed by atoms with van der Waals surface area (Å²) in [6, 6.07) is 12.6. The molecule has 0 aromatic heterocycles. The van der Waals surface area contributed by atoms with Crippen LogP contribution < -0.4 is 10.2 Å². The number of carbonyl (C=O) groups is 2. The number of amides is 2. The molecule has 0 radical (unpaired) electrons. The minimum Gasteiger partial charge on any atom is -0.359 e. The highest BCUT2D eigenvalue weighted by Gasteiger charge is 2.25. The summed E-state index contributed by atoms with van der Waals surface area (Å²) in [6.07, 6.45) is 4.74. The number of unbranched alkanes of at least 4 members (excludes halogenated alkanes) is 1. The summed E-state index contributed by atoms with van der Waals surface area (Å²) < 4.78 is 0. The van der Waals surface area contributed by atoms with Crippen molar-refractivity contribution in [2.75, 3.05) is 17.7 Å². The third-order valence-electron chi connectivity index (χ3n) is 5.17. The average Bonchev–Trinajstić information content (AvgIpc) is 3.28. The first-order valence-corrected chi connectivity index (χ1v) is 13.5. The summed E-state index contributed by atoms with van der Waals surface area (Å²) >= 11 is 13.0. The predicted octanol–water partition coefficient (Wildman–Crippen LogP) is 6.66. The van der Waals surface area contributed by atoms with E-state index in [-0.39, 0.29) is 18.2 Å².